The Kier molecular flexibility index (Phi) is 4.52. The Hall–Kier alpha value is -1.88. The second-order valence-corrected chi connectivity index (χ2v) is 4.84. The van der Waals surface area contributed by atoms with Gasteiger partial charge in [0.2, 0.25) is 0 Å². The number of rotatable bonds is 6. The number of aromatic nitrogens is 2. The molecule has 0 aliphatic heterocycles. The molecule has 1 aromatic heterocycles. The summed E-state index contributed by atoms with van der Waals surface area (Å²) in [6.45, 7) is 4.90. The molecule has 0 amide bonds. The molecule has 0 aliphatic carbocycles. The summed E-state index contributed by atoms with van der Waals surface area (Å²) in [4.78, 5) is 4.37. The van der Waals surface area contributed by atoms with E-state index in [4.69, 9.17) is 9.63 Å². The maximum absolute atomic E-state index is 8.74. The topological polar surface area (TPSA) is 71.2 Å². The molecular weight excluding hydrogens is 242 g/mol. The van der Waals surface area contributed by atoms with Gasteiger partial charge in [0.25, 0.3) is 5.89 Å². The molecule has 0 saturated carbocycles. The summed E-state index contributed by atoms with van der Waals surface area (Å²) in [6.07, 6.45) is 0.819. The first-order chi connectivity index (χ1) is 9.19. The predicted octanol–water partition coefficient (Wildman–Crippen LogP) is 2.34. The molecule has 1 heterocycles. The van der Waals surface area contributed by atoms with Gasteiger partial charge in [-0.05, 0) is 30.2 Å². The second kappa shape index (κ2) is 6.33. The summed E-state index contributed by atoms with van der Waals surface area (Å²) in [6, 6.07) is 7.70. The number of nitrogens with one attached hydrogen (secondary N) is 1. The molecule has 102 valence electrons. The quantitative estimate of drug-likeness (QED) is 0.835. The molecule has 5 nitrogen and oxygen atoms in total. The van der Waals surface area contributed by atoms with Gasteiger partial charge in [-0.25, -0.2) is 0 Å². The number of anilines is 1. The number of benzene rings is 1. The minimum atomic E-state index is 0.115. The minimum absolute atomic E-state index is 0.115. The SMILES string of the molecule is CC(C)Cc1noc(-c2ccc(NCCO)cc2)n1. The van der Waals surface area contributed by atoms with Crippen molar-refractivity contribution in [3.63, 3.8) is 0 Å². The van der Waals surface area contributed by atoms with Crippen molar-refractivity contribution in [2.45, 2.75) is 20.3 Å². The van der Waals surface area contributed by atoms with Crippen LogP contribution in [0.1, 0.15) is 19.7 Å². The molecule has 0 aliphatic rings. The van der Waals surface area contributed by atoms with Crippen LogP contribution < -0.4 is 5.32 Å². The van der Waals surface area contributed by atoms with E-state index in [0.717, 1.165) is 23.5 Å². The molecule has 0 unspecified atom stereocenters. The third kappa shape index (κ3) is 3.79. The van der Waals surface area contributed by atoms with E-state index in [9.17, 15) is 0 Å². The minimum Gasteiger partial charge on any atom is -0.395 e. The van der Waals surface area contributed by atoms with Crippen molar-refractivity contribution in [2.24, 2.45) is 5.92 Å². The van der Waals surface area contributed by atoms with Crippen molar-refractivity contribution in [1.29, 1.82) is 0 Å². The first-order valence-corrected chi connectivity index (χ1v) is 6.47. The van der Waals surface area contributed by atoms with E-state index < -0.39 is 0 Å². The van der Waals surface area contributed by atoms with Crippen LogP contribution in [0.25, 0.3) is 11.5 Å². The van der Waals surface area contributed by atoms with Crippen molar-refractivity contribution in [3.8, 4) is 11.5 Å². The molecular formula is C14H19N3O2. The molecule has 2 N–H and O–H groups in total. The average molecular weight is 261 g/mol. The van der Waals surface area contributed by atoms with Gasteiger partial charge in [0.1, 0.15) is 0 Å². The zero-order chi connectivity index (χ0) is 13.7. The van der Waals surface area contributed by atoms with E-state index in [0.29, 0.717) is 18.4 Å². The van der Waals surface area contributed by atoms with Crippen LogP contribution >= 0.6 is 0 Å². The van der Waals surface area contributed by atoms with Crippen LogP contribution in [0.4, 0.5) is 5.69 Å². The molecule has 0 bridgehead atoms. The fourth-order valence-electron chi connectivity index (χ4n) is 1.75. The lowest BCUT2D eigenvalue weighted by molar-refractivity contribution is 0.311. The highest BCUT2D eigenvalue weighted by Gasteiger charge is 2.09. The van der Waals surface area contributed by atoms with Crippen LogP contribution in [0.2, 0.25) is 0 Å². The Bertz CT molecular complexity index is 506. The molecule has 2 aromatic rings. The first-order valence-electron chi connectivity index (χ1n) is 6.47. The van der Waals surface area contributed by atoms with Gasteiger partial charge in [0, 0.05) is 24.2 Å². The number of aliphatic hydroxyl groups is 1. The molecule has 1 aromatic carbocycles. The van der Waals surface area contributed by atoms with E-state index in [1.165, 1.54) is 0 Å². The van der Waals surface area contributed by atoms with Crippen molar-refractivity contribution < 1.29 is 9.63 Å². The van der Waals surface area contributed by atoms with Crippen molar-refractivity contribution >= 4 is 5.69 Å². The monoisotopic (exact) mass is 261 g/mol. The zero-order valence-electron chi connectivity index (χ0n) is 11.3. The highest BCUT2D eigenvalue weighted by molar-refractivity contribution is 5.58. The zero-order valence-corrected chi connectivity index (χ0v) is 11.3. The Labute approximate surface area is 112 Å². The molecule has 0 saturated heterocycles. The highest BCUT2D eigenvalue weighted by atomic mass is 16.5. The van der Waals surface area contributed by atoms with Gasteiger partial charge >= 0.3 is 0 Å². The summed E-state index contributed by atoms with van der Waals surface area (Å²) in [5.41, 5.74) is 1.86. The highest BCUT2D eigenvalue weighted by Crippen LogP contribution is 2.20. The Morgan fingerprint density at radius 2 is 2.00 bits per heavy atom. The molecule has 0 radical (unpaired) electrons. The largest absolute Gasteiger partial charge is 0.395 e. The van der Waals surface area contributed by atoms with Crippen LogP contribution in [-0.2, 0) is 6.42 Å². The molecule has 0 atom stereocenters. The summed E-state index contributed by atoms with van der Waals surface area (Å²) in [7, 11) is 0. The molecule has 0 spiro atoms. The van der Waals surface area contributed by atoms with Gasteiger partial charge in [0.15, 0.2) is 5.82 Å². The van der Waals surface area contributed by atoms with E-state index in [2.05, 4.69) is 29.3 Å². The molecule has 0 fully saturated rings. The van der Waals surface area contributed by atoms with Gasteiger partial charge in [-0.2, -0.15) is 4.98 Å². The Morgan fingerprint density at radius 1 is 1.26 bits per heavy atom. The number of aliphatic hydroxyl groups excluding tert-OH is 1. The molecule has 5 heteroatoms. The third-order valence-corrected chi connectivity index (χ3v) is 2.63. The van der Waals surface area contributed by atoms with Crippen LogP contribution in [0.5, 0.6) is 0 Å². The molecule has 19 heavy (non-hydrogen) atoms. The lowest BCUT2D eigenvalue weighted by Gasteiger charge is -2.03. The van der Waals surface area contributed by atoms with Gasteiger partial charge < -0.3 is 14.9 Å². The number of hydrogen-bond donors (Lipinski definition) is 2. The lowest BCUT2D eigenvalue weighted by Crippen LogP contribution is -2.04. The van der Waals surface area contributed by atoms with Gasteiger partial charge in [0.05, 0.1) is 6.61 Å². The standard InChI is InChI=1S/C14H19N3O2/c1-10(2)9-13-16-14(19-17-13)11-3-5-12(6-4-11)15-7-8-18/h3-6,10,15,18H,7-9H2,1-2H3. The van der Waals surface area contributed by atoms with Crippen molar-refractivity contribution in [3.05, 3.63) is 30.1 Å². The molecule has 2 rings (SSSR count). The van der Waals surface area contributed by atoms with Gasteiger partial charge in [-0.15, -0.1) is 0 Å². The summed E-state index contributed by atoms with van der Waals surface area (Å²) < 4.78 is 5.25. The first kappa shape index (κ1) is 13.5. The van der Waals surface area contributed by atoms with E-state index in [1.54, 1.807) is 0 Å². The average Bonchev–Trinajstić information content (AvgIpc) is 2.84. The van der Waals surface area contributed by atoms with Gasteiger partial charge in [-0.1, -0.05) is 19.0 Å². The Morgan fingerprint density at radius 3 is 2.63 bits per heavy atom. The van der Waals surface area contributed by atoms with E-state index >= 15 is 0 Å². The Balaban J connectivity index is 2.07. The maximum atomic E-state index is 8.74. The fraction of sp³-hybridized carbons (Fsp3) is 0.429. The van der Waals surface area contributed by atoms with Crippen LogP contribution in [0, 0.1) is 5.92 Å². The van der Waals surface area contributed by atoms with E-state index in [-0.39, 0.29) is 6.61 Å². The number of nitrogens with zero attached hydrogens (tertiary/aromatic N) is 2. The maximum Gasteiger partial charge on any atom is 0.257 e. The second-order valence-electron chi connectivity index (χ2n) is 4.84. The smallest absolute Gasteiger partial charge is 0.257 e. The van der Waals surface area contributed by atoms with Crippen LogP contribution in [0.3, 0.4) is 0 Å². The predicted molar refractivity (Wildman–Crippen MR) is 73.9 cm³/mol. The van der Waals surface area contributed by atoms with Crippen molar-refractivity contribution in [1.82, 2.24) is 10.1 Å². The number of hydrogen-bond acceptors (Lipinski definition) is 5. The van der Waals surface area contributed by atoms with E-state index in [1.807, 2.05) is 24.3 Å². The summed E-state index contributed by atoms with van der Waals surface area (Å²) in [5.74, 6) is 1.80. The van der Waals surface area contributed by atoms with Crippen LogP contribution in [-0.4, -0.2) is 28.4 Å². The summed E-state index contributed by atoms with van der Waals surface area (Å²) in [5, 5.41) is 15.8. The van der Waals surface area contributed by atoms with Gasteiger partial charge in [-0.3, -0.25) is 0 Å². The normalized spacial score (nSPS) is 10.9. The summed E-state index contributed by atoms with van der Waals surface area (Å²) >= 11 is 0. The lowest BCUT2D eigenvalue weighted by atomic mass is 10.1. The third-order valence-electron chi connectivity index (χ3n) is 2.63. The van der Waals surface area contributed by atoms with Crippen molar-refractivity contribution in [2.75, 3.05) is 18.5 Å². The van der Waals surface area contributed by atoms with Crippen LogP contribution in [0.15, 0.2) is 28.8 Å². The fourth-order valence-corrected chi connectivity index (χ4v) is 1.75.